The Bertz CT molecular complexity index is 849. The number of halogens is 3. The van der Waals surface area contributed by atoms with Crippen molar-refractivity contribution < 1.29 is 17.9 Å². The first kappa shape index (κ1) is 18.8. The number of rotatable bonds is 4. The molecule has 10 heteroatoms. The molecule has 0 amide bonds. The van der Waals surface area contributed by atoms with Crippen LogP contribution < -0.4 is 16.8 Å². The summed E-state index contributed by atoms with van der Waals surface area (Å²) in [6, 6.07) is 4.60. The number of nitrogen functional groups attached to an aromatic ring is 2. The first-order valence-electron chi connectivity index (χ1n) is 8.14. The standard InChI is InChI=1S/C17H19F3N6O/c1-10(26-4-6-27-7-5-26)12-9-23-16(25-15(12)17(18,19)20)24-11-2-3-13(21)14(22)8-11/h2-3,8-9H,1,4-7,21-22H2,(H,23,24,25). The summed E-state index contributed by atoms with van der Waals surface area (Å²) in [6.07, 6.45) is -3.54. The molecule has 2 aromatic rings. The monoisotopic (exact) mass is 380 g/mol. The summed E-state index contributed by atoms with van der Waals surface area (Å²) in [7, 11) is 0. The number of nitrogens with one attached hydrogen (secondary N) is 1. The number of ether oxygens (including phenoxy) is 1. The number of hydrogen-bond acceptors (Lipinski definition) is 7. The van der Waals surface area contributed by atoms with E-state index in [0.717, 1.165) is 6.20 Å². The van der Waals surface area contributed by atoms with Crippen LogP contribution in [0.5, 0.6) is 0 Å². The van der Waals surface area contributed by atoms with Gasteiger partial charge >= 0.3 is 6.18 Å². The lowest BCUT2D eigenvalue weighted by Gasteiger charge is -2.31. The third-order valence-electron chi connectivity index (χ3n) is 4.10. The fourth-order valence-corrected chi connectivity index (χ4v) is 2.65. The van der Waals surface area contributed by atoms with E-state index in [0.29, 0.717) is 43.4 Å². The lowest BCUT2D eigenvalue weighted by atomic mass is 10.1. The molecule has 0 saturated carbocycles. The van der Waals surface area contributed by atoms with E-state index in [9.17, 15) is 13.2 Å². The summed E-state index contributed by atoms with van der Waals surface area (Å²) in [5.74, 6) is -0.204. The third kappa shape index (κ3) is 4.22. The summed E-state index contributed by atoms with van der Waals surface area (Å²) in [5.41, 5.74) is 11.4. The van der Waals surface area contributed by atoms with Gasteiger partial charge in [-0.05, 0) is 18.2 Å². The summed E-state index contributed by atoms with van der Waals surface area (Å²) in [4.78, 5) is 9.40. The van der Waals surface area contributed by atoms with Crippen molar-refractivity contribution in [3.63, 3.8) is 0 Å². The SMILES string of the molecule is C=C(c1cnc(Nc2ccc(N)c(N)c2)nc1C(F)(F)F)N1CCOCC1. The van der Waals surface area contributed by atoms with Gasteiger partial charge in [0.15, 0.2) is 5.69 Å². The predicted octanol–water partition coefficient (Wildman–Crippen LogP) is 2.71. The van der Waals surface area contributed by atoms with E-state index in [1.54, 1.807) is 11.0 Å². The number of aromatic nitrogens is 2. The predicted molar refractivity (Wildman–Crippen MR) is 97.0 cm³/mol. The molecule has 0 bridgehead atoms. The Hall–Kier alpha value is -3.01. The van der Waals surface area contributed by atoms with Crippen LogP contribution in [0.15, 0.2) is 31.0 Å². The van der Waals surface area contributed by atoms with Gasteiger partial charge in [0.05, 0.1) is 24.6 Å². The molecule has 1 fully saturated rings. The molecule has 1 aromatic heterocycles. The van der Waals surface area contributed by atoms with E-state index < -0.39 is 11.9 Å². The number of nitrogens with two attached hydrogens (primary N) is 2. The van der Waals surface area contributed by atoms with Crippen LogP contribution >= 0.6 is 0 Å². The van der Waals surface area contributed by atoms with E-state index in [2.05, 4.69) is 21.9 Å². The third-order valence-corrected chi connectivity index (χ3v) is 4.10. The van der Waals surface area contributed by atoms with E-state index in [-0.39, 0.29) is 17.2 Å². The van der Waals surface area contributed by atoms with Crippen molar-refractivity contribution in [2.75, 3.05) is 43.1 Å². The summed E-state index contributed by atoms with van der Waals surface area (Å²) in [5, 5.41) is 2.71. The van der Waals surface area contributed by atoms with Crippen LogP contribution in [-0.4, -0.2) is 41.2 Å². The fourth-order valence-electron chi connectivity index (χ4n) is 2.65. The van der Waals surface area contributed by atoms with Crippen LogP contribution in [0.1, 0.15) is 11.3 Å². The van der Waals surface area contributed by atoms with Gasteiger partial charge in [-0.3, -0.25) is 0 Å². The summed E-state index contributed by atoms with van der Waals surface area (Å²) >= 11 is 0. The molecular weight excluding hydrogens is 361 g/mol. The zero-order valence-electron chi connectivity index (χ0n) is 14.4. The van der Waals surface area contributed by atoms with Crippen LogP contribution in [0, 0.1) is 0 Å². The molecule has 1 aromatic carbocycles. The highest BCUT2D eigenvalue weighted by Gasteiger charge is 2.37. The number of morpholine rings is 1. The van der Waals surface area contributed by atoms with Crippen LogP contribution in [-0.2, 0) is 10.9 Å². The van der Waals surface area contributed by atoms with E-state index in [4.69, 9.17) is 16.2 Å². The second-order valence-electron chi connectivity index (χ2n) is 5.97. The molecule has 0 spiro atoms. The Morgan fingerprint density at radius 2 is 1.89 bits per heavy atom. The molecule has 0 atom stereocenters. The molecule has 7 nitrogen and oxygen atoms in total. The fraction of sp³-hybridized carbons (Fsp3) is 0.294. The van der Waals surface area contributed by atoms with Crippen LogP contribution in [0.4, 0.5) is 36.2 Å². The van der Waals surface area contributed by atoms with Crippen molar-refractivity contribution in [3.8, 4) is 0 Å². The first-order valence-corrected chi connectivity index (χ1v) is 8.14. The quantitative estimate of drug-likeness (QED) is 0.701. The Morgan fingerprint density at radius 1 is 1.19 bits per heavy atom. The number of nitrogens with zero attached hydrogens (tertiary/aromatic N) is 3. The highest BCUT2D eigenvalue weighted by Crippen LogP contribution is 2.35. The lowest BCUT2D eigenvalue weighted by Crippen LogP contribution is -2.35. The zero-order valence-corrected chi connectivity index (χ0v) is 14.4. The Balaban J connectivity index is 1.91. The molecule has 1 saturated heterocycles. The minimum atomic E-state index is -4.66. The van der Waals surface area contributed by atoms with Gasteiger partial charge in [-0.15, -0.1) is 0 Å². The normalized spacial score (nSPS) is 14.9. The van der Waals surface area contributed by atoms with Crippen molar-refractivity contribution in [1.29, 1.82) is 0 Å². The van der Waals surface area contributed by atoms with Gasteiger partial charge in [0, 0.05) is 36.2 Å². The maximum absolute atomic E-state index is 13.6. The topological polar surface area (TPSA) is 102 Å². The van der Waals surface area contributed by atoms with Crippen LogP contribution in [0.25, 0.3) is 5.70 Å². The molecular formula is C17H19F3N6O. The number of benzene rings is 1. The van der Waals surface area contributed by atoms with Gasteiger partial charge in [-0.25, -0.2) is 9.97 Å². The zero-order chi connectivity index (χ0) is 19.6. The van der Waals surface area contributed by atoms with Crippen molar-refractivity contribution in [2.45, 2.75) is 6.18 Å². The molecule has 2 heterocycles. The molecule has 3 rings (SSSR count). The average Bonchev–Trinajstić information content (AvgIpc) is 2.64. The minimum absolute atomic E-state index is 0.160. The van der Waals surface area contributed by atoms with Gasteiger partial charge in [-0.2, -0.15) is 13.2 Å². The number of anilines is 4. The van der Waals surface area contributed by atoms with Gasteiger partial charge < -0.3 is 26.4 Å². The van der Waals surface area contributed by atoms with Crippen LogP contribution in [0.2, 0.25) is 0 Å². The largest absolute Gasteiger partial charge is 0.434 e. The first-order chi connectivity index (χ1) is 12.8. The molecule has 144 valence electrons. The van der Waals surface area contributed by atoms with Gasteiger partial charge in [0.25, 0.3) is 0 Å². The van der Waals surface area contributed by atoms with Crippen LogP contribution in [0.3, 0.4) is 0 Å². The molecule has 0 unspecified atom stereocenters. The molecule has 5 N–H and O–H groups in total. The van der Waals surface area contributed by atoms with E-state index >= 15 is 0 Å². The molecule has 27 heavy (non-hydrogen) atoms. The van der Waals surface area contributed by atoms with Gasteiger partial charge in [-0.1, -0.05) is 6.58 Å². The number of alkyl halides is 3. The smallest absolute Gasteiger partial charge is 0.397 e. The Morgan fingerprint density at radius 3 is 2.52 bits per heavy atom. The molecule has 1 aliphatic heterocycles. The Kier molecular flexibility index (Phi) is 5.08. The summed E-state index contributed by atoms with van der Waals surface area (Å²) < 4.78 is 45.9. The maximum atomic E-state index is 13.6. The average molecular weight is 380 g/mol. The maximum Gasteiger partial charge on any atom is 0.434 e. The van der Waals surface area contributed by atoms with Crippen molar-refractivity contribution in [1.82, 2.24) is 14.9 Å². The number of hydrogen-bond donors (Lipinski definition) is 3. The summed E-state index contributed by atoms with van der Waals surface area (Å²) in [6.45, 7) is 5.58. The molecule has 0 radical (unpaired) electrons. The Labute approximate surface area is 153 Å². The second-order valence-corrected chi connectivity index (χ2v) is 5.97. The highest BCUT2D eigenvalue weighted by atomic mass is 19.4. The van der Waals surface area contributed by atoms with E-state index in [1.807, 2.05) is 0 Å². The van der Waals surface area contributed by atoms with Crippen molar-refractivity contribution in [2.24, 2.45) is 0 Å². The van der Waals surface area contributed by atoms with E-state index in [1.165, 1.54) is 12.1 Å². The minimum Gasteiger partial charge on any atom is -0.397 e. The highest BCUT2D eigenvalue weighted by molar-refractivity contribution is 5.71. The van der Waals surface area contributed by atoms with Crippen molar-refractivity contribution >= 4 is 28.7 Å². The lowest BCUT2D eigenvalue weighted by molar-refractivity contribution is -0.141. The second kappa shape index (κ2) is 7.31. The molecule has 1 aliphatic rings. The van der Waals surface area contributed by atoms with Gasteiger partial charge in [0.2, 0.25) is 5.95 Å². The molecule has 0 aliphatic carbocycles. The van der Waals surface area contributed by atoms with Crippen molar-refractivity contribution in [3.05, 3.63) is 42.2 Å². The van der Waals surface area contributed by atoms with Gasteiger partial charge in [0.1, 0.15) is 0 Å².